The largest absolute Gasteiger partial charge is 0.375 e. The topological polar surface area (TPSA) is 71.4 Å². The second kappa shape index (κ2) is 10.9. The zero-order chi connectivity index (χ0) is 26.8. The number of aryl methyl sites for hydroxylation is 1. The highest BCUT2D eigenvalue weighted by Crippen LogP contribution is 2.43. The van der Waals surface area contributed by atoms with E-state index in [0.29, 0.717) is 10.8 Å². The van der Waals surface area contributed by atoms with Crippen LogP contribution >= 0.6 is 23.8 Å². The predicted octanol–water partition coefficient (Wildman–Crippen LogP) is 5.74. The number of rotatable bonds is 7. The van der Waals surface area contributed by atoms with Crippen molar-refractivity contribution in [3.63, 3.8) is 0 Å². The summed E-state index contributed by atoms with van der Waals surface area (Å²) >= 11 is 12.0. The Labute approximate surface area is 230 Å². The number of hydrogen-bond acceptors (Lipinski definition) is 4. The van der Waals surface area contributed by atoms with Crippen LogP contribution in [0.25, 0.3) is 5.69 Å². The number of benzene rings is 2. The van der Waals surface area contributed by atoms with Gasteiger partial charge in [-0.05, 0) is 85.4 Å². The first kappa shape index (κ1) is 25.8. The van der Waals surface area contributed by atoms with Crippen molar-refractivity contribution in [1.29, 1.82) is 0 Å². The lowest BCUT2D eigenvalue weighted by molar-refractivity contribution is -0.119. The third kappa shape index (κ3) is 5.00. The van der Waals surface area contributed by atoms with Gasteiger partial charge in [0.25, 0.3) is 0 Å². The number of hydrogen-bond donors (Lipinski definition) is 2. The van der Waals surface area contributed by atoms with Crippen LogP contribution in [0.4, 0.5) is 15.8 Å². The molecule has 38 heavy (non-hydrogen) atoms. The van der Waals surface area contributed by atoms with Crippen molar-refractivity contribution in [2.75, 3.05) is 23.9 Å². The Kier molecular flexibility index (Phi) is 7.42. The Balaban J connectivity index is 1.59. The number of anilines is 2. The molecule has 1 saturated heterocycles. The third-order valence-electron chi connectivity index (χ3n) is 6.40. The first-order valence-electron chi connectivity index (χ1n) is 11.9. The van der Waals surface area contributed by atoms with E-state index in [0.717, 1.165) is 28.3 Å². The number of halogens is 2. The summed E-state index contributed by atoms with van der Waals surface area (Å²) in [6, 6.07) is 19.5. The first-order chi connectivity index (χ1) is 18.4. The van der Waals surface area contributed by atoms with E-state index < -0.39 is 5.82 Å². The molecule has 2 N–H and O–H groups in total. The molecular formula is C28H25ClFN5O2S. The molecule has 1 fully saturated rings. The van der Waals surface area contributed by atoms with Crippen LogP contribution < -0.4 is 15.5 Å². The van der Waals surface area contributed by atoms with Gasteiger partial charge in [-0.2, -0.15) is 0 Å². The molecule has 1 aliphatic heterocycles. The fourth-order valence-electron chi connectivity index (χ4n) is 4.69. The molecule has 2 aromatic carbocycles. The van der Waals surface area contributed by atoms with Crippen LogP contribution in [0.5, 0.6) is 0 Å². The molecule has 4 aromatic rings. The Morgan fingerprint density at radius 3 is 2.68 bits per heavy atom. The third-order valence-corrected chi connectivity index (χ3v) is 7.00. The van der Waals surface area contributed by atoms with Gasteiger partial charge in [0.05, 0.1) is 16.8 Å². The number of amides is 1. The van der Waals surface area contributed by atoms with E-state index in [-0.39, 0.29) is 29.6 Å². The average molecular weight is 550 g/mol. The van der Waals surface area contributed by atoms with Crippen LogP contribution in [0.2, 0.25) is 5.02 Å². The lowest BCUT2D eigenvalue weighted by Gasteiger charge is -2.29. The van der Waals surface area contributed by atoms with E-state index in [1.54, 1.807) is 18.3 Å². The molecule has 2 atom stereocenters. The van der Waals surface area contributed by atoms with Gasteiger partial charge >= 0.3 is 0 Å². The van der Waals surface area contributed by atoms with Gasteiger partial charge in [0.2, 0.25) is 5.91 Å². The molecule has 194 valence electrons. The van der Waals surface area contributed by atoms with Gasteiger partial charge in [0.15, 0.2) is 5.11 Å². The molecule has 10 heteroatoms. The van der Waals surface area contributed by atoms with Crippen molar-refractivity contribution in [2.45, 2.75) is 19.0 Å². The molecule has 1 amide bonds. The van der Waals surface area contributed by atoms with Gasteiger partial charge in [-0.25, -0.2) is 4.39 Å². The molecule has 1 aliphatic rings. The summed E-state index contributed by atoms with van der Waals surface area (Å²) in [7, 11) is 1.48. The number of aromatic nitrogens is 2. The maximum absolute atomic E-state index is 13.9. The molecule has 0 bridgehead atoms. The fourth-order valence-corrected chi connectivity index (χ4v) is 5.21. The second-order valence-corrected chi connectivity index (χ2v) is 9.67. The monoisotopic (exact) mass is 549 g/mol. The Bertz CT molecular complexity index is 1500. The Hall–Kier alpha value is -3.79. The SMILES string of the molecule is COCC(=O)Nc1ccc(N2C(=S)NC(c3ccccn3)C2c2cccn2-c2ccc(F)c(Cl)c2)cc1C. The van der Waals surface area contributed by atoms with E-state index in [9.17, 15) is 9.18 Å². The van der Waals surface area contributed by atoms with Gasteiger partial charge in [-0.15, -0.1) is 0 Å². The van der Waals surface area contributed by atoms with Crippen LogP contribution in [0.3, 0.4) is 0 Å². The summed E-state index contributed by atoms with van der Waals surface area (Å²) in [4.78, 5) is 18.7. The molecule has 0 aliphatic carbocycles. The number of carbonyl (C=O) groups excluding carboxylic acids is 1. The molecule has 2 unspecified atom stereocenters. The molecule has 0 saturated carbocycles. The predicted molar refractivity (Wildman–Crippen MR) is 150 cm³/mol. The summed E-state index contributed by atoms with van der Waals surface area (Å²) in [5.74, 6) is -0.709. The molecule has 7 nitrogen and oxygen atoms in total. The summed E-state index contributed by atoms with van der Waals surface area (Å²) in [5.41, 5.74) is 4.86. The first-order valence-corrected chi connectivity index (χ1v) is 12.7. The number of nitrogens with one attached hydrogen (secondary N) is 2. The Morgan fingerprint density at radius 2 is 1.97 bits per heavy atom. The van der Waals surface area contributed by atoms with Crippen LogP contribution in [-0.2, 0) is 9.53 Å². The highest BCUT2D eigenvalue weighted by Gasteiger charge is 2.42. The van der Waals surface area contributed by atoms with Crippen LogP contribution in [-0.4, -0.2) is 34.3 Å². The highest BCUT2D eigenvalue weighted by atomic mass is 35.5. The lowest BCUT2D eigenvalue weighted by atomic mass is 10.00. The normalized spacial score (nSPS) is 16.9. The fraction of sp³-hybridized carbons (Fsp3) is 0.179. The molecule has 3 heterocycles. The minimum Gasteiger partial charge on any atom is -0.375 e. The maximum atomic E-state index is 13.9. The van der Waals surface area contributed by atoms with E-state index in [1.807, 2.05) is 71.1 Å². The summed E-state index contributed by atoms with van der Waals surface area (Å²) in [6.45, 7) is 1.90. The van der Waals surface area contributed by atoms with Gasteiger partial charge in [-0.3, -0.25) is 9.78 Å². The van der Waals surface area contributed by atoms with E-state index in [2.05, 4.69) is 15.6 Å². The zero-order valence-electron chi connectivity index (χ0n) is 20.7. The average Bonchev–Trinajstić information content (AvgIpc) is 3.52. The van der Waals surface area contributed by atoms with Crippen LogP contribution in [0.1, 0.15) is 29.0 Å². The molecular weight excluding hydrogens is 525 g/mol. The van der Waals surface area contributed by atoms with Gasteiger partial charge in [0.1, 0.15) is 18.5 Å². The maximum Gasteiger partial charge on any atom is 0.250 e. The summed E-state index contributed by atoms with van der Waals surface area (Å²) < 4.78 is 20.8. The number of thiocarbonyl (C=S) groups is 1. The number of ether oxygens (including phenoxy) is 1. The van der Waals surface area contributed by atoms with Gasteiger partial charge in [0, 0.05) is 42.3 Å². The minimum absolute atomic E-state index is 0.0282. The van der Waals surface area contributed by atoms with Crippen molar-refractivity contribution in [1.82, 2.24) is 14.9 Å². The van der Waals surface area contributed by atoms with Gasteiger partial charge in [-0.1, -0.05) is 17.7 Å². The van der Waals surface area contributed by atoms with Gasteiger partial charge < -0.3 is 24.8 Å². The van der Waals surface area contributed by atoms with Crippen molar-refractivity contribution in [3.05, 3.63) is 107 Å². The van der Waals surface area contributed by atoms with E-state index in [1.165, 1.54) is 13.2 Å². The summed E-state index contributed by atoms with van der Waals surface area (Å²) in [6.07, 6.45) is 3.66. The number of nitrogens with zero attached hydrogens (tertiary/aromatic N) is 3. The molecule has 2 aromatic heterocycles. The summed E-state index contributed by atoms with van der Waals surface area (Å²) in [5, 5.41) is 6.89. The smallest absolute Gasteiger partial charge is 0.250 e. The van der Waals surface area contributed by atoms with Crippen molar-refractivity contribution in [2.24, 2.45) is 0 Å². The second-order valence-electron chi connectivity index (χ2n) is 8.88. The van der Waals surface area contributed by atoms with Crippen LogP contribution in [0.15, 0.2) is 79.1 Å². The molecule has 5 rings (SSSR count). The molecule has 0 radical (unpaired) electrons. The van der Waals surface area contributed by atoms with E-state index >= 15 is 0 Å². The number of carbonyl (C=O) groups is 1. The highest BCUT2D eigenvalue weighted by molar-refractivity contribution is 7.80. The van der Waals surface area contributed by atoms with Crippen molar-refractivity contribution >= 4 is 46.2 Å². The molecule has 0 spiro atoms. The lowest BCUT2D eigenvalue weighted by Crippen LogP contribution is -2.30. The zero-order valence-corrected chi connectivity index (χ0v) is 22.3. The quantitative estimate of drug-likeness (QED) is 0.287. The Morgan fingerprint density at radius 1 is 1.16 bits per heavy atom. The van der Waals surface area contributed by atoms with Crippen molar-refractivity contribution in [3.8, 4) is 5.69 Å². The minimum atomic E-state index is -0.478. The number of methoxy groups -OCH3 is 1. The number of pyridine rings is 1. The van der Waals surface area contributed by atoms with Crippen molar-refractivity contribution < 1.29 is 13.9 Å². The van der Waals surface area contributed by atoms with Crippen LogP contribution in [0, 0.1) is 12.7 Å². The standard InChI is InChI=1S/C28H25ClFN5O2S/c1-17-14-19(9-11-22(17)32-25(36)16-37-2)35-27(26(33-28(35)38)23-6-3-4-12-31-23)24-7-5-13-34(24)18-8-10-21(30)20(29)15-18/h3-15,26-27H,16H2,1-2H3,(H,32,36)(H,33,38). The van der Waals surface area contributed by atoms with E-state index in [4.69, 9.17) is 28.6 Å².